The van der Waals surface area contributed by atoms with Gasteiger partial charge in [-0.25, -0.2) is 4.79 Å². The number of pyridine rings is 1. The quantitative estimate of drug-likeness (QED) is 0.890. The van der Waals surface area contributed by atoms with E-state index < -0.39 is 10.8 Å². The average Bonchev–Trinajstić information content (AvgIpc) is 2.89. The molecule has 2 aromatic heterocycles. The van der Waals surface area contributed by atoms with E-state index in [0.29, 0.717) is 30.3 Å². The molecule has 0 bridgehead atoms. The van der Waals surface area contributed by atoms with Crippen molar-refractivity contribution < 1.29 is 9.00 Å². The van der Waals surface area contributed by atoms with Crippen molar-refractivity contribution in [1.29, 1.82) is 0 Å². The highest BCUT2D eigenvalue weighted by Gasteiger charge is 2.23. The average molecular weight is 364 g/mol. The van der Waals surface area contributed by atoms with Crippen molar-refractivity contribution >= 4 is 33.9 Å². The summed E-state index contributed by atoms with van der Waals surface area (Å²) in [5.74, 6) is 1.45. The number of carbonyl (C=O) groups is 1. The lowest BCUT2D eigenvalue weighted by Crippen LogP contribution is -2.38. The maximum absolute atomic E-state index is 12.7. The number of nitrogens with zero attached hydrogens (tertiary/aromatic N) is 2. The van der Waals surface area contributed by atoms with E-state index in [1.165, 1.54) is 4.88 Å². The third kappa shape index (κ3) is 4.02. The van der Waals surface area contributed by atoms with Crippen LogP contribution >= 0.6 is 11.3 Å². The zero-order valence-corrected chi connectivity index (χ0v) is 15.5. The van der Waals surface area contributed by atoms with E-state index in [9.17, 15) is 9.00 Å². The highest BCUT2D eigenvalue weighted by Crippen LogP contribution is 2.29. The molecule has 3 rings (SSSR count). The number of carbonyl (C=O) groups excluding carboxylic acids is 1. The lowest BCUT2D eigenvalue weighted by atomic mass is 10.1. The summed E-state index contributed by atoms with van der Waals surface area (Å²) in [6, 6.07) is 5.60. The van der Waals surface area contributed by atoms with Gasteiger partial charge in [-0.05, 0) is 31.0 Å². The molecule has 0 spiro atoms. The molecule has 2 amide bonds. The Kier molecular flexibility index (Phi) is 5.30. The van der Waals surface area contributed by atoms with Gasteiger partial charge < -0.3 is 10.2 Å². The standard InChI is InChI=1S/C17H21N3O2S2/c1-12-9-20(6-7-24(22)11-12)17(21)19-15-4-3-5-18-16(15)14-8-13(2)23-10-14/h3-5,8,10,12H,6-7,9,11H2,1-2H3,(H,19,21). The van der Waals surface area contributed by atoms with E-state index >= 15 is 0 Å². The number of rotatable bonds is 2. The molecule has 128 valence electrons. The summed E-state index contributed by atoms with van der Waals surface area (Å²) in [6.07, 6.45) is 1.73. The molecule has 0 radical (unpaired) electrons. The van der Waals surface area contributed by atoms with Crippen LogP contribution in [0.15, 0.2) is 29.8 Å². The second-order valence-corrected chi connectivity index (χ2v) is 8.87. The van der Waals surface area contributed by atoms with Crippen molar-refractivity contribution in [3.8, 4) is 11.3 Å². The lowest BCUT2D eigenvalue weighted by Gasteiger charge is -2.23. The van der Waals surface area contributed by atoms with Crippen LogP contribution < -0.4 is 5.32 Å². The van der Waals surface area contributed by atoms with Gasteiger partial charge in [-0.1, -0.05) is 6.92 Å². The van der Waals surface area contributed by atoms with Crippen LogP contribution in [0.4, 0.5) is 10.5 Å². The molecule has 5 nitrogen and oxygen atoms in total. The Morgan fingerprint density at radius 1 is 1.50 bits per heavy atom. The Bertz CT molecular complexity index is 760. The number of amides is 2. The van der Waals surface area contributed by atoms with Crippen LogP contribution in [0.1, 0.15) is 11.8 Å². The SMILES string of the molecule is Cc1cc(-c2ncccc2NC(=O)N2CCS(=O)CC(C)C2)cs1. The van der Waals surface area contributed by atoms with Gasteiger partial charge in [0, 0.05) is 57.4 Å². The van der Waals surface area contributed by atoms with Gasteiger partial charge in [-0.3, -0.25) is 9.19 Å². The number of hydrogen-bond donors (Lipinski definition) is 1. The third-order valence-electron chi connectivity index (χ3n) is 3.93. The first-order valence-corrected chi connectivity index (χ1v) is 10.3. The van der Waals surface area contributed by atoms with Crippen molar-refractivity contribution in [1.82, 2.24) is 9.88 Å². The first kappa shape index (κ1) is 17.1. The summed E-state index contributed by atoms with van der Waals surface area (Å²) in [4.78, 5) is 20.0. The molecule has 1 aliphatic rings. The van der Waals surface area contributed by atoms with Gasteiger partial charge in [-0.2, -0.15) is 0 Å². The molecular weight excluding hydrogens is 342 g/mol. The minimum absolute atomic E-state index is 0.151. The largest absolute Gasteiger partial charge is 0.323 e. The van der Waals surface area contributed by atoms with Crippen LogP contribution in [-0.2, 0) is 10.8 Å². The van der Waals surface area contributed by atoms with Crippen LogP contribution in [0.5, 0.6) is 0 Å². The number of thiophene rings is 1. The monoisotopic (exact) mass is 363 g/mol. The number of anilines is 1. The highest BCUT2D eigenvalue weighted by atomic mass is 32.2. The summed E-state index contributed by atoms with van der Waals surface area (Å²) >= 11 is 1.66. The molecule has 2 atom stereocenters. The molecule has 2 unspecified atom stereocenters. The van der Waals surface area contributed by atoms with Crippen LogP contribution in [0.25, 0.3) is 11.3 Å². The molecule has 1 fully saturated rings. The van der Waals surface area contributed by atoms with Crippen molar-refractivity contribution in [2.75, 3.05) is 29.9 Å². The second kappa shape index (κ2) is 7.44. The van der Waals surface area contributed by atoms with Crippen LogP contribution in [0.2, 0.25) is 0 Å². The summed E-state index contributed by atoms with van der Waals surface area (Å²) in [6.45, 7) is 5.24. The predicted molar refractivity (Wildman–Crippen MR) is 99.9 cm³/mol. The summed E-state index contributed by atoms with van der Waals surface area (Å²) in [5, 5.41) is 5.03. The summed E-state index contributed by atoms with van der Waals surface area (Å²) in [7, 11) is -0.835. The second-order valence-electron chi connectivity index (χ2n) is 6.14. The van der Waals surface area contributed by atoms with Gasteiger partial charge in [0.05, 0.1) is 11.4 Å². The minimum atomic E-state index is -0.835. The van der Waals surface area contributed by atoms with Crippen molar-refractivity contribution in [2.45, 2.75) is 13.8 Å². The van der Waals surface area contributed by atoms with Gasteiger partial charge in [0.2, 0.25) is 0 Å². The fraction of sp³-hybridized carbons (Fsp3) is 0.412. The third-order valence-corrected chi connectivity index (χ3v) is 6.37. The fourth-order valence-electron chi connectivity index (χ4n) is 2.82. The van der Waals surface area contributed by atoms with Crippen LogP contribution in [0.3, 0.4) is 0 Å². The molecular formula is C17H21N3O2S2. The van der Waals surface area contributed by atoms with Crippen molar-refractivity contribution in [2.24, 2.45) is 5.92 Å². The molecule has 1 N–H and O–H groups in total. The summed E-state index contributed by atoms with van der Waals surface area (Å²) < 4.78 is 11.8. The molecule has 2 aromatic rings. The summed E-state index contributed by atoms with van der Waals surface area (Å²) in [5.41, 5.74) is 2.50. The van der Waals surface area contributed by atoms with Gasteiger partial charge >= 0.3 is 6.03 Å². The maximum atomic E-state index is 12.7. The van der Waals surface area contributed by atoms with E-state index in [0.717, 1.165) is 11.3 Å². The number of aryl methyl sites for hydroxylation is 1. The topological polar surface area (TPSA) is 62.3 Å². The molecule has 24 heavy (non-hydrogen) atoms. The maximum Gasteiger partial charge on any atom is 0.321 e. The van der Waals surface area contributed by atoms with E-state index in [1.807, 2.05) is 31.4 Å². The van der Waals surface area contributed by atoms with Gasteiger partial charge in [0.25, 0.3) is 0 Å². The van der Waals surface area contributed by atoms with Gasteiger partial charge in [0.1, 0.15) is 0 Å². The smallest absolute Gasteiger partial charge is 0.321 e. The Morgan fingerprint density at radius 3 is 3.08 bits per heavy atom. The Morgan fingerprint density at radius 2 is 2.33 bits per heavy atom. The zero-order valence-electron chi connectivity index (χ0n) is 13.8. The first-order valence-electron chi connectivity index (χ1n) is 7.94. The van der Waals surface area contributed by atoms with E-state index in [2.05, 4.69) is 16.4 Å². The normalized spacial score (nSPS) is 21.3. The van der Waals surface area contributed by atoms with E-state index in [4.69, 9.17) is 0 Å². The zero-order chi connectivity index (χ0) is 17.1. The van der Waals surface area contributed by atoms with Gasteiger partial charge in [0.15, 0.2) is 0 Å². The lowest BCUT2D eigenvalue weighted by molar-refractivity contribution is 0.210. The van der Waals surface area contributed by atoms with Crippen LogP contribution in [-0.4, -0.2) is 44.7 Å². The number of nitrogens with one attached hydrogen (secondary N) is 1. The minimum Gasteiger partial charge on any atom is -0.323 e. The van der Waals surface area contributed by atoms with Gasteiger partial charge in [-0.15, -0.1) is 11.3 Å². The van der Waals surface area contributed by atoms with Crippen LogP contribution in [0, 0.1) is 12.8 Å². The molecule has 1 aliphatic heterocycles. The van der Waals surface area contributed by atoms with E-state index in [1.54, 1.807) is 22.4 Å². The Balaban J connectivity index is 1.78. The molecule has 7 heteroatoms. The molecule has 3 heterocycles. The van der Waals surface area contributed by atoms with Crippen molar-refractivity contribution in [3.05, 3.63) is 34.7 Å². The molecule has 1 saturated heterocycles. The molecule has 0 saturated carbocycles. The number of urea groups is 1. The number of hydrogen-bond acceptors (Lipinski definition) is 4. The van der Waals surface area contributed by atoms with E-state index in [-0.39, 0.29) is 11.9 Å². The Labute approximate surface area is 148 Å². The molecule has 0 aliphatic carbocycles. The molecule has 0 aromatic carbocycles. The fourth-order valence-corrected chi connectivity index (χ4v) is 4.83. The first-order chi connectivity index (χ1) is 11.5. The van der Waals surface area contributed by atoms with Crippen molar-refractivity contribution in [3.63, 3.8) is 0 Å². The predicted octanol–water partition coefficient (Wildman–Crippen LogP) is 3.35. The highest BCUT2D eigenvalue weighted by molar-refractivity contribution is 7.85. The Hall–Kier alpha value is -1.73. The number of aromatic nitrogens is 1.